The van der Waals surface area contributed by atoms with Gasteiger partial charge in [0.25, 0.3) is 0 Å². The monoisotopic (exact) mass is 385 g/mol. The van der Waals surface area contributed by atoms with Crippen LogP contribution in [0.3, 0.4) is 0 Å². The van der Waals surface area contributed by atoms with Crippen molar-refractivity contribution in [2.75, 3.05) is 25.0 Å². The lowest BCUT2D eigenvalue weighted by molar-refractivity contribution is 0.0132. The van der Waals surface area contributed by atoms with E-state index in [0.29, 0.717) is 12.0 Å². The number of rotatable bonds is 1. The number of fused-ring (bicyclic) bond motifs is 6. The Morgan fingerprint density at radius 3 is 2.81 bits per heavy atom. The van der Waals surface area contributed by atoms with Crippen LogP contribution in [0, 0.1) is 17.7 Å². The number of anilines is 1. The highest BCUT2D eigenvalue weighted by atomic mass is 32.1. The molecule has 0 aromatic heterocycles. The third-order valence-electron chi connectivity index (χ3n) is 7.01. The predicted octanol–water partition coefficient (Wildman–Crippen LogP) is 4.42. The van der Waals surface area contributed by atoms with E-state index >= 15 is 0 Å². The Labute approximate surface area is 166 Å². The van der Waals surface area contributed by atoms with Gasteiger partial charge in [-0.3, -0.25) is 4.90 Å². The number of likely N-dealkylation sites (tertiary alicyclic amines) is 1. The zero-order valence-electron chi connectivity index (χ0n) is 15.7. The lowest BCUT2D eigenvalue weighted by Gasteiger charge is -2.55. The summed E-state index contributed by atoms with van der Waals surface area (Å²) in [6, 6.07) is 7.71. The largest absolute Gasteiger partial charge is 0.342 e. The van der Waals surface area contributed by atoms with E-state index in [0.717, 1.165) is 29.3 Å². The van der Waals surface area contributed by atoms with Gasteiger partial charge in [-0.15, -0.1) is 0 Å². The number of hydrogen-bond donors (Lipinski definition) is 1. The topological polar surface area (TPSA) is 18.5 Å². The van der Waals surface area contributed by atoms with Crippen molar-refractivity contribution >= 4 is 23.0 Å². The van der Waals surface area contributed by atoms with Gasteiger partial charge >= 0.3 is 0 Å². The van der Waals surface area contributed by atoms with Crippen LogP contribution in [0.2, 0.25) is 0 Å². The van der Waals surface area contributed by atoms with Gasteiger partial charge in [0.1, 0.15) is 5.82 Å². The van der Waals surface area contributed by atoms with Gasteiger partial charge in [-0.1, -0.05) is 18.1 Å². The maximum absolute atomic E-state index is 13.2. The Kier molecular flexibility index (Phi) is 4.68. The Bertz CT molecular complexity index is 746. The average molecular weight is 386 g/mol. The molecule has 1 aromatic rings. The lowest BCUT2D eigenvalue weighted by atomic mass is 9.68. The molecule has 27 heavy (non-hydrogen) atoms. The van der Waals surface area contributed by atoms with E-state index in [1.54, 1.807) is 17.7 Å². The third-order valence-corrected chi connectivity index (χ3v) is 7.35. The van der Waals surface area contributed by atoms with Crippen LogP contribution in [0.5, 0.6) is 0 Å². The Morgan fingerprint density at radius 1 is 1.11 bits per heavy atom. The van der Waals surface area contributed by atoms with E-state index in [2.05, 4.69) is 21.2 Å². The second-order valence-electron chi connectivity index (χ2n) is 8.64. The fourth-order valence-electron chi connectivity index (χ4n) is 5.93. The number of piperidine rings is 3. The second kappa shape index (κ2) is 7.17. The van der Waals surface area contributed by atoms with Gasteiger partial charge in [-0.25, -0.2) is 4.39 Å². The molecule has 3 aliphatic heterocycles. The maximum atomic E-state index is 13.2. The molecule has 1 aliphatic carbocycles. The van der Waals surface area contributed by atoms with Crippen LogP contribution in [0.15, 0.2) is 35.9 Å². The quantitative estimate of drug-likeness (QED) is 0.570. The molecule has 0 saturated carbocycles. The summed E-state index contributed by atoms with van der Waals surface area (Å²) in [6.45, 7) is 3.50. The normalized spacial score (nSPS) is 32.9. The minimum Gasteiger partial charge on any atom is -0.342 e. The zero-order valence-corrected chi connectivity index (χ0v) is 16.6. The van der Waals surface area contributed by atoms with E-state index in [4.69, 9.17) is 12.2 Å². The molecule has 5 heteroatoms. The predicted molar refractivity (Wildman–Crippen MR) is 111 cm³/mol. The third kappa shape index (κ3) is 3.29. The minimum atomic E-state index is -0.216. The summed E-state index contributed by atoms with van der Waals surface area (Å²) in [5.41, 5.74) is 2.49. The van der Waals surface area contributed by atoms with Gasteiger partial charge in [0.15, 0.2) is 5.11 Å². The fourth-order valence-corrected chi connectivity index (χ4v) is 6.25. The highest BCUT2D eigenvalue weighted by Crippen LogP contribution is 2.45. The van der Waals surface area contributed by atoms with Crippen molar-refractivity contribution in [2.24, 2.45) is 11.8 Å². The van der Waals surface area contributed by atoms with Crippen LogP contribution in [-0.2, 0) is 0 Å². The van der Waals surface area contributed by atoms with Crippen molar-refractivity contribution in [3.8, 4) is 0 Å². The molecule has 1 N–H and O–H groups in total. The van der Waals surface area contributed by atoms with Crippen LogP contribution in [0.25, 0.3) is 0 Å². The summed E-state index contributed by atoms with van der Waals surface area (Å²) in [6.07, 6.45) is 10.4. The van der Waals surface area contributed by atoms with E-state index in [-0.39, 0.29) is 5.82 Å². The van der Waals surface area contributed by atoms with Crippen LogP contribution >= 0.6 is 12.2 Å². The SMILES string of the molecule is Fc1ccc(NC(=S)N2CCCC3=C[C@@H]4C[C@@H](CN5CCCC[C@H]45)[C@@H]32)cc1. The van der Waals surface area contributed by atoms with Crippen LogP contribution in [-0.4, -0.2) is 46.6 Å². The number of halogens is 1. The van der Waals surface area contributed by atoms with Crippen LogP contribution < -0.4 is 5.32 Å². The molecular formula is C22H28FN3S. The van der Waals surface area contributed by atoms with E-state index < -0.39 is 0 Å². The number of thiocarbonyl (C=S) groups is 1. The first-order valence-corrected chi connectivity index (χ1v) is 10.9. The summed E-state index contributed by atoms with van der Waals surface area (Å²) >= 11 is 5.80. The molecule has 0 radical (unpaired) electrons. The molecule has 0 amide bonds. The summed E-state index contributed by atoms with van der Waals surface area (Å²) < 4.78 is 13.2. The average Bonchev–Trinajstić information content (AvgIpc) is 2.69. The van der Waals surface area contributed by atoms with E-state index in [9.17, 15) is 4.39 Å². The molecule has 3 heterocycles. The summed E-state index contributed by atoms with van der Waals surface area (Å²) in [5, 5.41) is 4.14. The first kappa shape index (κ1) is 17.6. The Morgan fingerprint density at radius 2 is 1.96 bits per heavy atom. The molecule has 5 rings (SSSR count). The maximum Gasteiger partial charge on any atom is 0.173 e. The molecule has 0 unspecified atom stereocenters. The van der Waals surface area contributed by atoms with Crippen molar-refractivity contribution in [2.45, 2.75) is 50.6 Å². The van der Waals surface area contributed by atoms with Gasteiger partial charge in [0, 0.05) is 24.8 Å². The molecule has 2 bridgehead atoms. The number of hydrogen-bond acceptors (Lipinski definition) is 2. The van der Waals surface area contributed by atoms with Gasteiger partial charge in [-0.05, 0) is 87.0 Å². The molecule has 3 fully saturated rings. The lowest BCUT2D eigenvalue weighted by Crippen LogP contribution is -2.60. The van der Waals surface area contributed by atoms with Crippen LogP contribution in [0.4, 0.5) is 10.1 Å². The summed E-state index contributed by atoms with van der Waals surface area (Å²) in [4.78, 5) is 5.18. The molecule has 3 saturated heterocycles. The number of nitrogens with zero attached hydrogens (tertiary/aromatic N) is 2. The fraction of sp³-hybridized carbons (Fsp3) is 0.591. The van der Waals surface area contributed by atoms with Crippen LogP contribution in [0.1, 0.15) is 38.5 Å². The Balaban J connectivity index is 1.38. The molecule has 4 aliphatic rings. The molecule has 0 spiro atoms. The van der Waals surface area contributed by atoms with Crippen molar-refractivity contribution < 1.29 is 4.39 Å². The van der Waals surface area contributed by atoms with Gasteiger partial charge in [0.2, 0.25) is 0 Å². The van der Waals surface area contributed by atoms with Gasteiger partial charge in [-0.2, -0.15) is 0 Å². The minimum absolute atomic E-state index is 0.216. The van der Waals surface area contributed by atoms with E-state index in [1.807, 2.05) is 0 Å². The van der Waals surface area contributed by atoms with Crippen molar-refractivity contribution in [1.29, 1.82) is 0 Å². The second-order valence-corrected chi connectivity index (χ2v) is 9.02. The number of nitrogens with one attached hydrogen (secondary N) is 1. The summed E-state index contributed by atoms with van der Waals surface area (Å²) in [5.74, 6) is 1.21. The molecular weight excluding hydrogens is 357 g/mol. The van der Waals surface area contributed by atoms with Gasteiger partial charge < -0.3 is 10.2 Å². The smallest absolute Gasteiger partial charge is 0.173 e. The first-order chi connectivity index (χ1) is 13.2. The molecule has 4 atom stereocenters. The van der Waals surface area contributed by atoms with Gasteiger partial charge in [0.05, 0.1) is 6.04 Å². The Hall–Kier alpha value is -1.46. The van der Waals surface area contributed by atoms with Crippen molar-refractivity contribution in [3.05, 3.63) is 41.7 Å². The summed E-state index contributed by atoms with van der Waals surface area (Å²) in [7, 11) is 0. The zero-order chi connectivity index (χ0) is 18.4. The van der Waals surface area contributed by atoms with E-state index in [1.165, 1.54) is 63.7 Å². The molecule has 3 nitrogen and oxygen atoms in total. The number of benzene rings is 1. The molecule has 1 aromatic carbocycles. The standard InChI is InChI=1S/C22H28FN3S/c23-18-6-8-19(9-7-18)24-22(27)26-11-3-4-15-12-16-13-17(21(15)26)14-25-10-2-1-5-20(16)25/h6-9,12,16-17,20-21H,1-5,10-11,13-14H2,(H,24,27)/t16-,17+,20-,21-/m1/s1. The highest BCUT2D eigenvalue weighted by Gasteiger charge is 2.46. The van der Waals surface area contributed by atoms with Crippen molar-refractivity contribution in [3.63, 3.8) is 0 Å². The van der Waals surface area contributed by atoms with Crippen molar-refractivity contribution in [1.82, 2.24) is 9.80 Å². The highest BCUT2D eigenvalue weighted by molar-refractivity contribution is 7.80. The molecule has 144 valence electrons. The first-order valence-electron chi connectivity index (χ1n) is 10.5.